The van der Waals surface area contributed by atoms with Crippen molar-refractivity contribution < 1.29 is 0 Å². The van der Waals surface area contributed by atoms with Crippen LogP contribution in [0.4, 0.5) is 0 Å². The Balaban J connectivity index is 1.02. The molecule has 0 nitrogen and oxygen atoms in total. The quantitative estimate of drug-likeness (QED) is 0.181. The second kappa shape index (κ2) is 10.4. The Morgan fingerprint density at radius 2 is 0.600 bits per heavy atom. The average Bonchev–Trinajstić information content (AvgIpc) is 3.52. The lowest BCUT2D eigenvalue weighted by atomic mass is 9.79. The first-order valence-corrected chi connectivity index (χ1v) is 17.8. The molecule has 0 fully saturated rings. The van der Waals surface area contributed by atoms with Gasteiger partial charge in [0.05, 0.1) is 0 Å². The first-order valence-electron chi connectivity index (χ1n) is 17.8. The lowest BCUT2D eigenvalue weighted by molar-refractivity contribution is 0.660. The van der Waals surface area contributed by atoms with Gasteiger partial charge < -0.3 is 0 Å². The average molecular weight is 639 g/mol. The van der Waals surface area contributed by atoms with Crippen molar-refractivity contribution >= 4 is 21.5 Å². The van der Waals surface area contributed by atoms with Crippen molar-refractivity contribution in [1.29, 1.82) is 0 Å². The van der Waals surface area contributed by atoms with Gasteiger partial charge in [-0.05, 0) is 124 Å². The summed E-state index contributed by atoms with van der Waals surface area (Å²) in [7, 11) is 0. The van der Waals surface area contributed by atoms with E-state index in [1.54, 1.807) is 0 Å². The van der Waals surface area contributed by atoms with Gasteiger partial charge >= 0.3 is 0 Å². The van der Waals surface area contributed by atoms with Crippen LogP contribution < -0.4 is 0 Å². The van der Waals surface area contributed by atoms with Crippen molar-refractivity contribution in [3.8, 4) is 55.6 Å². The van der Waals surface area contributed by atoms with Crippen LogP contribution in [-0.2, 0) is 10.8 Å². The largest absolute Gasteiger partial charge is 0.0616 e. The molecule has 0 heteroatoms. The van der Waals surface area contributed by atoms with Crippen molar-refractivity contribution in [2.75, 3.05) is 0 Å². The molecule has 0 amide bonds. The number of hydrogen-bond acceptors (Lipinski definition) is 0. The molecule has 0 spiro atoms. The summed E-state index contributed by atoms with van der Waals surface area (Å²) in [6, 6.07) is 59.2. The van der Waals surface area contributed by atoms with Crippen LogP contribution in [0.3, 0.4) is 0 Å². The zero-order chi connectivity index (χ0) is 33.8. The fraction of sp³-hybridized carbons (Fsp3) is 0.120. The molecule has 0 heterocycles. The van der Waals surface area contributed by atoms with Gasteiger partial charge in [-0.1, -0.05) is 161 Å². The van der Waals surface area contributed by atoms with E-state index in [0.29, 0.717) is 0 Å². The molecule has 2 aliphatic rings. The zero-order valence-electron chi connectivity index (χ0n) is 29.0. The second-order valence-electron chi connectivity index (χ2n) is 15.3. The van der Waals surface area contributed by atoms with Crippen LogP contribution in [0.5, 0.6) is 0 Å². The molecule has 0 N–H and O–H groups in total. The van der Waals surface area contributed by atoms with Crippen LogP contribution in [0.2, 0.25) is 0 Å². The molecule has 238 valence electrons. The van der Waals surface area contributed by atoms with Crippen molar-refractivity contribution in [2.24, 2.45) is 0 Å². The Hall–Kier alpha value is -5.72. The van der Waals surface area contributed by atoms with Crippen LogP contribution >= 0.6 is 0 Å². The fourth-order valence-corrected chi connectivity index (χ4v) is 9.12. The van der Waals surface area contributed by atoms with E-state index in [0.717, 1.165) is 0 Å². The van der Waals surface area contributed by atoms with E-state index in [1.165, 1.54) is 99.4 Å². The molecular weight excluding hydrogens is 601 g/mol. The van der Waals surface area contributed by atoms with Gasteiger partial charge in [-0.25, -0.2) is 0 Å². The molecule has 0 bridgehead atoms. The minimum absolute atomic E-state index is 0.106. The van der Waals surface area contributed by atoms with Crippen LogP contribution in [-0.4, -0.2) is 0 Å². The summed E-state index contributed by atoms with van der Waals surface area (Å²) < 4.78 is 0. The van der Waals surface area contributed by atoms with Gasteiger partial charge in [0.1, 0.15) is 0 Å². The fourth-order valence-electron chi connectivity index (χ4n) is 9.12. The molecule has 0 saturated carbocycles. The highest BCUT2D eigenvalue weighted by Crippen LogP contribution is 2.53. The van der Waals surface area contributed by atoms with Gasteiger partial charge in [-0.3, -0.25) is 0 Å². The van der Waals surface area contributed by atoms with E-state index in [4.69, 9.17) is 0 Å². The smallest absolute Gasteiger partial charge is 0.0159 e. The van der Waals surface area contributed by atoms with Gasteiger partial charge in [0, 0.05) is 10.8 Å². The second-order valence-corrected chi connectivity index (χ2v) is 15.3. The lowest BCUT2D eigenvalue weighted by Gasteiger charge is -2.24. The Bertz CT molecular complexity index is 2500. The summed E-state index contributed by atoms with van der Waals surface area (Å²) in [5.74, 6) is 0. The van der Waals surface area contributed by atoms with Gasteiger partial charge in [0.2, 0.25) is 0 Å². The molecule has 0 radical (unpaired) electrons. The Morgan fingerprint density at radius 1 is 0.280 bits per heavy atom. The Morgan fingerprint density at radius 3 is 1.00 bits per heavy atom. The topological polar surface area (TPSA) is 0 Å². The third-order valence-corrected chi connectivity index (χ3v) is 11.9. The van der Waals surface area contributed by atoms with Crippen LogP contribution in [0.1, 0.15) is 49.9 Å². The Labute approximate surface area is 294 Å². The minimum atomic E-state index is -0.106. The maximum absolute atomic E-state index is 2.46. The van der Waals surface area contributed by atoms with Crippen LogP contribution in [0, 0.1) is 0 Å². The molecule has 0 unspecified atom stereocenters. The maximum Gasteiger partial charge on any atom is 0.0159 e. The molecular formula is C50H38. The third-order valence-electron chi connectivity index (χ3n) is 11.9. The van der Waals surface area contributed by atoms with E-state index in [9.17, 15) is 0 Å². The minimum Gasteiger partial charge on any atom is -0.0616 e. The predicted molar refractivity (Wildman–Crippen MR) is 213 cm³/mol. The van der Waals surface area contributed by atoms with E-state index in [1.807, 2.05) is 0 Å². The van der Waals surface area contributed by atoms with Gasteiger partial charge in [-0.2, -0.15) is 0 Å². The van der Waals surface area contributed by atoms with Crippen LogP contribution in [0.25, 0.3) is 77.2 Å². The van der Waals surface area contributed by atoms with Crippen LogP contribution in [0.15, 0.2) is 158 Å². The SMILES string of the molecule is CC1(C)c2cc(-c3ccc4c(c3)C(C)(C)c3cc(-c5cccc6ccccc56)ccc3-4)ccc2-c2ccc(-c3cccc4ccccc34)cc21. The number of benzene rings is 8. The lowest BCUT2D eigenvalue weighted by Crippen LogP contribution is -2.15. The molecule has 0 aromatic heterocycles. The summed E-state index contributed by atoms with van der Waals surface area (Å²) in [5.41, 5.74) is 18.6. The predicted octanol–water partition coefficient (Wildman–Crippen LogP) is 13.6. The number of rotatable bonds is 3. The van der Waals surface area contributed by atoms with E-state index >= 15 is 0 Å². The molecule has 0 aliphatic heterocycles. The summed E-state index contributed by atoms with van der Waals surface area (Å²) in [5, 5.41) is 5.17. The molecule has 8 aromatic rings. The highest BCUT2D eigenvalue weighted by molar-refractivity contribution is 5.99. The summed E-state index contributed by atoms with van der Waals surface area (Å²) in [6.45, 7) is 9.57. The monoisotopic (exact) mass is 638 g/mol. The number of hydrogen-bond donors (Lipinski definition) is 0. The molecule has 10 rings (SSSR count). The normalized spacial score (nSPS) is 14.7. The summed E-state index contributed by atoms with van der Waals surface area (Å²) >= 11 is 0. The summed E-state index contributed by atoms with van der Waals surface area (Å²) in [6.07, 6.45) is 0. The molecule has 0 saturated heterocycles. The number of fused-ring (bicyclic) bond motifs is 8. The molecule has 8 aromatic carbocycles. The highest BCUT2D eigenvalue weighted by atomic mass is 14.4. The first kappa shape index (κ1) is 29.2. The van der Waals surface area contributed by atoms with Gasteiger partial charge in [0.15, 0.2) is 0 Å². The van der Waals surface area contributed by atoms with E-state index < -0.39 is 0 Å². The van der Waals surface area contributed by atoms with Crippen molar-refractivity contribution in [3.63, 3.8) is 0 Å². The van der Waals surface area contributed by atoms with Crippen molar-refractivity contribution in [2.45, 2.75) is 38.5 Å². The van der Waals surface area contributed by atoms with E-state index in [-0.39, 0.29) is 10.8 Å². The maximum atomic E-state index is 2.46. The van der Waals surface area contributed by atoms with Gasteiger partial charge in [-0.15, -0.1) is 0 Å². The first-order chi connectivity index (χ1) is 24.3. The van der Waals surface area contributed by atoms with Gasteiger partial charge in [0.25, 0.3) is 0 Å². The third kappa shape index (κ3) is 4.12. The van der Waals surface area contributed by atoms with Crippen molar-refractivity contribution in [3.05, 3.63) is 180 Å². The Kier molecular flexibility index (Phi) is 6.07. The zero-order valence-corrected chi connectivity index (χ0v) is 29.0. The standard InChI is InChI=1S/C50H38/c1-49(2)45-27-33(19-23-41(45)43-25-21-35(29-47(43)49)39-17-9-13-31-11-5-7-15-37(31)39)34-20-24-42-44-26-22-36(30-48(44)50(3,4)46(42)28-34)40-18-10-14-32-12-6-8-16-38(32)40/h5-30H,1-4H3. The molecule has 50 heavy (non-hydrogen) atoms. The summed E-state index contributed by atoms with van der Waals surface area (Å²) in [4.78, 5) is 0. The van der Waals surface area contributed by atoms with Crippen molar-refractivity contribution in [1.82, 2.24) is 0 Å². The highest BCUT2D eigenvalue weighted by Gasteiger charge is 2.38. The molecule has 2 aliphatic carbocycles. The molecule has 0 atom stereocenters. The van der Waals surface area contributed by atoms with E-state index in [2.05, 4.69) is 185 Å².